The molecule has 1 aliphatic heterocycles. The van der Waals surface area contributed by atoms with E-state index >= 15 is 0 Å². The van der Waals surface area contributed by atoms with Crippen LogP contribution in [0.5, 0.6) is 5.75 Å². The zero-order valence-electron chi connectivity index (χ0n) is 15.4. The summed E-state index contributed by atoms with van der Waals surface area (Å²) in [4.78, 5) is 9.08. The maximum atomic E-state index is 5.47. The number of benzene rings is 1. The Morgan fingerprint density at radius 1 is 1.08 bits per heavy atom. The second-order valence-corrected chi connectivity index (χ2v) is 6.06. The van der Waals surface area contributed by atoms with Crippen LogP contribution in [0.3, 0.4) is 0 Å². The van der Waals surface area contributed by atoms with Gasteiger partial charge in [-0.15, -0.1) is 5.10 Å². The molecule has 0 aliphatic carbocycles. The van der Waals surface area contributed by atoms with Crippen LogP contribution in [0.25, 0.3) is 0 Å². The largest absolute Gasteiger partial charge is 0.495 e. The number of rotatable bonds is 8. The van der Waals surface area contributed by atoms with Crippen LogP contribution in [-0.4, -0.2) is 68.7 Å². The Hall–Kier alpha value is -2.61. The third kappa shape index (κ3) is 4.51. The van der Waals surface area contributed by atoms with Gasteiger partial charge in [-0.3, -0.25) is 0 Å². The van der Waals surface area contributed by atoms with Gasteiger partial charge in [0.25, 0.3) is 0 Å². The molecule has 0 radical (unpaired) electrons. The molecule has 1 fully saturated rings. The molecular formula is C18H26N6O2. The molecule has 0 amide bonds. The third-order valence-electron chi connectivity index (χ3n) is 4.37. The van der Waals surface area contributed by atoms with Crippen molar-refractivity contribution in [2.24, 2.45) is 0 Å². The van der Waals surface area contributed by atoms with E-state index in [0.717, 1.165) is 63.0 Å². The molecule has 2 heterocycles. The molecule has 0 atom stereocenters. The number of aromatic nitrogens is 3. The molecule has 0 bridgehead atoms. The van der Waals surface area contributed by atoms with Gasteiger partial charge in [0.2, 0.25) is 5.95 Å². The Balaban J connectivity index is 1.58. The Kier molecular flexibility index (Phi) is 6.43. The number of hydrogen-bond acceptors (Lipinski definition) is 8. The summed E-state index contributed by atoms with van der Waals surface area (Å²) in [6.07, 6.45) is 2.58. The summed E-state index contributed by atoms with van der Waals surface area (Å²) in [7, 11) is 3.41. The predicted molar refractivity (Wildman–Crippen MR) is 102 cm³/mol. The standard InChI is InChI=1S/C18H26N6O2/c1-25-13-5-8-19-17-14-20-22-18(21-17)24-11-9-23(10-12-24)15-6-3-4-7-16(15)26-2/h3-4,6-7,14H,5,8-13H2,1-2H3,(H,19,21,22). The molecule has 26 heavy (non-hydrogen) atoms. The molecule has 1 aromatic carbocycles. The van der Waals surface area contributed by atoms with E-state index in [9.17, 15) is 0 Å². The SMILES string of the molecule is COCCCNc1cnnc(N2CCN(c3ccccc3OC)CC2)n1. The molecule has 0 unspecified atom stereocenters. The minimum Gasteiger partial charge on any atom is -0.495 e. The van der Waals surface area contributed by atoms with Crippen LogP contribution in [-0.2, 0) is 4.74 Å². The minimum absolute atomic E-state index is 0.668. The van der Waals surface area contributed by atoms with Crippen LogP contribution in [0.1, 0.15) is 6.42 Å². The molecule has 1 aromatic heterocycles. The number of anilines is 3. The highest BCUT2D eigenvalue weighted by Crippen LogP contribution is 2.28. The van der Waals surface area contributed by atoms with Gasteiger partial charge in [0.05, 0.1) is 19.0 Å². The van der Waals surface area contributed by atoms with E-state index < -0.39 is 0 Å². The van der Waals surface area contributed by atoms with Crippen LogP contribution in [0.15, 0.2) is 30.5 Å². The van der Waals surface area contributed by atoms with Crippen molar-refractivity contribution in [3.05, 3.63) is 30.5 Å². The van der Waals surface area contributed by atoms with E-state index in [4.69, 9.17) is 9.47 Å². The number of hydrogen-bond donors (Lipinski definition) is 1. The van der Waals surface area contributed by atoms with Gasteiger partial charge < -0.3 is 24.6 Å². The Bertz CT molecular complexity index is 691. The lowest BCUT2D eigenvalue weighted by atomic mass is 10.2. The first-order chi connectivity index (χ1) is 12.8. The molecule has 8 heteroatoms. The predicted octanol–water partition coefficient (Wildman–Crippen LogP) is 1.66. The van der Waals surface area contributed by atoms with Crippen LogP contribution in [0.4, 0.5) is 17.5 Å². The van der Waals surface area contributed by atoms with Crippen molar-refractivity contribution in [1.29, 1.82) is 0 Å². The van der Waals surface area contributed by atoms with Gasteiger partial charge in [-0.1, -0.05) is 12.1 Å². The molecule has 8 nitrogen and oxygen atoms in total. The van der Waals surface area contributed by atoms with Gasteiger partial charge in [0.15, 0.2) is 5.82 Å². The van der Waals surface area contributed by atoms with Crippen molar-refractivity contribution in [3.63, 3.8) is 0 Å². The fourth-order valence-corrected chi connectivity index (χ4v) is 2.98. The number of para-hydroxylation sites is 2. The lowest BCUT2D eigenvalue weighted by molar-refractivity contribution is 0.197. The van der Waals surface area contributed by atoms with E-state index in [-0.39, 0.29) is 0 Å². The van der Waals surface area contributed by atoms with E-state index in [2.05, 4.69) is 36.4 Å². The highest BCUT2D eigenvalue weighted by molar-refractivity contribution is 5.59. The van der Waals surface area contributed by atoms with E-state index in [1.807, 2.05) is 18.2 Å². The average Bonchev–Trinajstić information content (AvgIpc) is 2.71. The van der Waals surface area contributed by atoms with Crippen molar-refractivity contribution >= 4 is 17.5 Å². The summed E-state index contributed by atoms with van der Waals surface area (Å²) in [5.41, 5.74) is 1.13. The molecule has 2 aromatic rings. The molecule has 3 rings (SSSR count). The fraction of sp³-hybridized carbons (Fsp3) is 0.500. The Labute approximate surface area is 154 Å². The fourth-order valence-electron chi connectivity index (χ4n) is 2.98. The lowest BCUT2D eigenvalue weighted by Crippen LogP contribution is -2.47. The maximum absolute atomic E-state index is 5.47. The van der Waals surface area contributed by atoms with Crippen molar-refractivity contribution in [2.45, 2.75) is 6.42 Å². The number of methoxy groups -OCH3 is 2. The van der Waals surface area contributed by atoms with Gasteiger partial charge >= 0.3 is 0 Å². The van der Waals surface area contributed by atoms with Crippen molar-refractivity contribution < 1.29 is 9.47 Å². The first kappa shape index (κ1) is 18.2. The van der Waals surface area contributed by atoms with Gasteiger partial charge in [0, 0.05) is 46.4 Å². The van der Waals surface area contributed by atoms with Crippen LogP contribution in [0, 0.1) is 0 Å². The van der Waals surface area contributed by atoms with Crippen LogP contribution < -0.4 is 19.9 Å². The van der Waals surface area contributed by atoms with Crippen LogP contribution >= 0.6 is 0 Å². The summed E-state index contributed by atoms with van der Waals surface area (Å²) in [6.45, 7) is 4.97. The van der Waals surface area contributed by atoms with Gasteiger partial charge in [-0.25, -0.2) is 0 Å². The van der Waals surface area contributed by atoms with E-state index in [1.54, 1.807) is 20.4 Å². The van der Waals surface area contributed by atoms with Gasteiger partial charge in [-0.2, -0.15) is 10.1 Å². The van der Waals surface area contributed by atoms with Crippen molar-refractivity contribution in [2.75, 3.05) is 68.7 Å². The zero-order valence-corrected chi connectivity index (χ0v) is 15.4. The van der Waals surface area contributed by atoms with Gasteiger partial charge in [-0.05, 0) is 18.6 Å². The second-order valence-electron chi connectivity index (χ2n) is 6.06. The summed E-state index contributed by atoms with van der Waals surface area (Å²) < 4.78 is 10.5. The number of piperazine rings is 1. The number of nitrogens with zero attached hydrogens (tertiary/aromatic N) is 5. The smallest absolute Gasteiger partial charge is 0.247 e. The summed E-state index contributed by atoms with van der Waals surface area (Å²) in [6, 6.07) is 8.11. The van der Waals surface area contributed by atoms with Crippen LogP contribution in [0.2, 0.25) is 0 Å². The highest BCUT2D eigenvalue weighted by Gasteiger charge is 2.21. The summed E-state index contributed by atoms with van der Waals surface area (Å²) >= 11 is 0. The van der Waals surface area contributed by atoms with Gasteiger partial charge in [0.1, 0.15) is 5.75 Å². The molecule has 1 N–H and O–H groups in total. The normalized spacial score (nSPS) is 14.4. The molecule has 1 saturated heterocycles. The third-order valence-corrected chi connectivity index (χ3v) is 4.37. The van der Waals surface area contributed by atoms with E-state index in [1.165, 1.54) is 0 Å². The molecular weight excluding hydrogens is 332 g/mol. The number of ether oxygens (including phenoxy) is 2. The first-order valence-electron chi connectivity index (χ1n) is 8.87. The first-order valence-corrected chi connectivity index (χ1v) is 8.87. The average molecular weight is 358 g/mol. The second kappa shape index (κ2) is 9.19. The topological polar surface area (TPSA) is 75.6 Å². The quantitative estimate of drug-likeness (QED) is 0.714. The monoisotopic (exact) mass is 358 g/mol. The lowest BCUT2D eigenvalue weighted by Gasteiger charge is -2.36. The summed E-state index contributed by atoms with van der Waals surface area (Å²) in [5, 5.41) is 11.5. The number of nitrogens with one attached hydrogen (secondary N) is 1. The Morgan fingerprint density at radius 2 is 1.85 bits per heavy atom. The minimum atomic E-state index is 0.668. The molecule has 0 spiro atoms. The van der Waals surface area contributed by atoms with E-state index in [0.29, 0.717) is 5.95 Å². The van der Waals surface area contributed by atoms with Crippen molar-refractivity contribution in [1.82, 2.24) is 15.2 Å². The maximum Gasteiger partial charge on any atom is 0.247 e. The molecule has 0 saturated carbocycles. The molecule has 140 valence electrons. The zero-order chi connectivity index (χ0) is 18.2. The highest BCUT2D eigenvalue weighted by atomic mass is 16.5. The Morgan fingerprint density at radius 3 is 2.62 bits per heavy atom. The van der Waals surface area contributed by atoms with Crippen molar-refractivity contribution in [3.8, 4) is 5.75 Å². The summed E-state index contributed by atoms with van der Waals surface area (Å²) in [5.74, 6) is 2.32. The molecule has 1 aliphatic rings.